The lowest BCUT2D eigenvalue weighted by Crippen LogP contribution is -2.31. The number of carboxylic acid groups (broad SMARTS) is 1. The van der Waals surface area contributed by atoms with E-state index in [1.165, 1.54) is 0 Å². The highest BCUT2D eigenvalue weighted by atomic mass is 19.4. The Morgan fingerprint density at radius 2 is 2.20 bits per heavy atom. The number of carboxylic acids is 1. The maximum absolute atomic E-state index is 12.7. The molecule has 1 aromatic heterocycles. The minimum Gasteiger partial charge on any atom is -0.478 e. The van der Waals surface area contributed by atoms with Crippen LogP contribution in [-0.4, -0.2) is 28.6 Å². The SMILES string of the molecule is CCC1CCCN1c1nc(C(F)(F)F)ccc1C(=O)O. The molecule has 1 N–H and O–H groups in total. The zero-order valence-corrected chi connectivity index (χ0v) is 10.9. The van der Waals surface area contributed by atoms with Crippen molar-refractivity contribution in [3.63, 3.8) is 0 Å². The maximum Gasteiger partial charge on any atom is 0.433 e. The van der Waals surface area contributed by atoms with Gasteiger partial charge < -0.3 is 10.0 Å². The van der Waals surface area contributed by atoms with Crippen LogP contribution >= 0.6 is 0 Å². The molecule has 0 bridgehead atoms. The van der Waals surface area contributed by atoms with E-state index in [4.69, 9.17) is 5.11 Å². The normalized spacial score (nSPS) is 19.4. The van der Waals surface area contributed by atoms with Gasteiger partial charge in [0.25, 0.3) is 0 Å². The summed E-state index contributed by atoms with van der Waals surface area (Å²) in [7, 11) is 0. The van der Waals surface area contributed by atoms with Gasteiger partial charge in [0.2, 0.25) is 0 Å². The highest BCUT2D eigenvalue weighted by molar-refractivity contribution is 5.93. The molecule has 2 rings (SSSR count). The Morgan fingerprint density at radius 1 is 1.50 bits per heavy atom. The van der Waals surface area contributed by atoms with Gasteiger partial charge in [-0.15, -0.1) is 0 Å². The van der Waals surface area contributed by atoms with Crippen LogP contribution in [0.5, 0.6) is 0 Å². The van der Waals surface area contributed by atoms with Crippen LogP contribution in [0.2, 0.25) is 0 Å². The first-order chi connectivity index (χ1) is 9.34. The summed E-state index contributed by atoms with van der Waals surface area (Å²) < 4.78 is 38.2. The van der Waals surface area contributed by atoms with Crippen LogP contribution < -0.4 is 4.90 Å². The predicted octanol–water partition coefficient (Wildman–Crippen LogP) is 3.18. The molecule has 1 fully saturated rings. The smallest absolute Gasteiger partial charge is 0.433 e. The molecule has 4 nitrogen and oxygen atoms in total. The zero-order valence-electron chi connectivity index (χ0n) is 10.9. The molecule has 1 aliphatic rings. The van der Waals surface area contributed by atoms with Crippen LogP contribution in [0.3, 0.4) is 0 Å². The molecule has 1 saturated heterocycles. The van der Waals surface area contributed by atoms with Crippen molar-refractivity contribution in [2.75, 3.05) is 11.4 Å². The predicted molar refractivity (Wildman–Crippen MR) is 66.9 cm³/mol. The second-order valence-corrected chi connectivity index (χ2v) is 4.77. The minimum absolute atomic E-state index is 0.0454. The van der Waals surface area contributed by atoms with Crippen molar-refractivity contribution < 1.29 is 23.1 Å². The van der Waals surface area contributed by atoms with Gasteiger partial charge in [-0.25, -0.2) is 9.78 Å². The van der Waals surface area contributed by atoms with Crippen LogP contribution in [0.15, 0.2) is 12.1 Å². The molecule has 1 unspecified atom stereocenters. The molecule has 1 aromatic rings. The molecule has 2 heterocycles. The van der Waals surface area contributed by atoms with E-state index >= 15 is 0 Å². The molecule has 0 aromatic carbocycles. The summed E-state index contributed by atoms with van der Waals surface area (Å²) in [5.74, 6) is -1.33. The van der Waals surface area contributed by atoms with E-state index in [0.717, 1.165) is 25.3 Å². The second-order valence-electron chi connectivity index (χ2n) is 4.77. The third kappa shape index (κ3) is 2.71. The summed E-state index contributed by atoms with van der Waals surface area (Å²) in [6.07, 6.45) is -2.16. The van der Waals surface area contributed by atoms with Gasteiger partial charge in [0.15, 0.2) is 0 Å². The van der Waals surface area contributed by atoms with Crippen molar-refractivity contribution in [3.8, 4) is 0 Å². The summed E-state index contributed by atoms with van der Waals surface area (Å²) in [6, 6.07) is 1.74. The molecule has 1 atom stereocenters. The monoisotopic (exact) mass is 288 g/mol. The minimum atomic E-state index is -4.58. The fourth-order valence-corrected chi connectivity index (χ4v) is 2.53. The average Bonchev–Trinajstić information content (AvgIpc) is 2.84. The standard InChI is InChI=1S/C13H15F3N2O2/c1-2-8-4-3-7-18(8)11-9(12(19)20)5-6-10(17-11)13(14,15)16/h5-6,8H,2-4,7H2,1H3,(H,19,20). The van der Waals surface area contributed by atoms with E-state index < -0.39 is 17.8 Å². The Labute approximate surface area is 114 Å². The van der Waals surface area contributed by atoms with E-state index in [2.05, 4.69) is 4.98 Å². The average molecular weight is 288 g/mol. The van der Waals surface area contributed by atoms with Crippen LogP contribution in [0, 0.1) is 0 Å². The van der Waals surface area contributed by atoms with Gasteiger partial charge in [-0.2, -0.15) is 13.2 Å². The van der Waals surface area contributed by atoms with Crippen molar-refractivity contribution in [2.24, 2.45) is 0 Å². The molecule has 1 aliphatic heterocycles. The van der Waals surface area contributed by atoms with Crippen LogP contribution in [0.4, 0.5) is 19.0 Å². The quantitative estimate of drug-likeness (QED) is 0.928. The molecule has 0 spiro atoms. The van der Waals surface area contributed by atoms with Crippen LogP contribution in [0.1, 0.15) is 42.2 Å². The number of hydrogen-bond donors (Lipinski definition) is 1. The molecular weight excluding hydrogens is 273 g/mol. The van der Waals surface area contributed by atoms with Gasteiger partial charge in [-0.1, -0.05) is 6.92 Å². The Bertz CT molecular complexity index is 517. The fourth-order valence-electron chi connectivity index (χ4n) is 2.53. The summed E-state index contributed by atoms with van der Waals surface area (Å²) in [5, 5.41) is 9.13. The summed E-state index contributed by atoms with van der Waals surface area (Å²) >= 11 is 0. The van der Waals surface area contributed by atoms with E-state index in [9.17, 15) is 18.0 Å². The van der Waals surface area contributed by atoms with Crippen molar-refractivity contribution in [2.45, 2.75) is 38.4 Å². The first kappa shape index (κ1) is 14.6. The molecule has 20 heavy (non-hydrogen) atoms. The number of alkyl halides is 3. The van der Waals surface area contributed by atoms with Crippen LogP contribution in [-0.2, 0) is 6.18 Å². The summed E-state index contributed by atoms with van der Waals surface area (Å²) in [5.41, 5.74) is -1.24. The van der Waals surface area contributed by atoms with Gasteiger partial charge in [-0.05, 0) is 31.4 Å². The number of carbonyl (C=O) groups is 1. The lowest BCUT2D eigenvalue weighted by Gasteiger charge is -2.26. The number of pyridine rings is 1. The lowest BCUT2D eigenvalue weighted by atomic mass is 10.1. The van der Waals surface area contributed by atoms with Gasteiger partial charge >= 0.3 is 12.1 Å². The van der Waals surface area contributed by atoms with Crippen molar-refractivity contribution in [3.05, 3.63) is 23.4 Å². The Balaban J connectivity index is 2.50. The number of rotatable bonds is 3. The molecule has 7 heteroatoms. The van der Waals surface area contributed by atoms with E-state index in [0.29, 0.717) is 12.6 Å². The highest BCUT2D eigenvalue weighted by Gasteiger charge is 2.35. The zero-order chi connectivity index (χ0) is 14.9. The topological polar surface area (TPSA) is 53.4 Å². The second kappa shape index (κ2) is 5.30. The number of nitrogens with zero attached hydrogens (tertiary/aromatic N) is 2. The molecule has 0 radical (unpaired) electrons. The van der Waals surface area contributed by atoms with E-state index in [1.54, 1.807) is 4.90 Å². The first-order valence-electron chi connectivity index (χ1n) is 6.42. The van der Waals surface area contributed by atoms with Crippen molar-refractivity contribution >= 4 is 11.8 Å². The Morgan fingerprint density at radius 3 is 2.75 bits per heavy atom. The molecular formula is C13H15F3N2O2. The Kier molecular flexibility index (Phi) is 3.87. The first-order valence-corrected chi connectivity index (χ1v) is 6.42. The number of halogens is 3. The number of aromatic carboxylic acids is 1. The third-order valence-electron chi connectivity index (χ3n) is 3.52. The fraction of sp³-hybridized carbons (Fsp3) is 0.538. The lowest BCUT2D eigenvalue weighted by molar-refractivity contribution is -0.141. The number of anilines is 1. The molecule has 0 aliphatic carbocycles. The van der Waals surface area contributed by atoms with Crippen molar-refractivity contribution in [1.29, 1.82) is 0 Å². The molecule has 110 valence electrons. The summed E-state index contributed by atoms with van der Waals surface area (Å²) in [4.78, 5) is 16.4. The molecule has 0 saturated carbocycles. The third-order valence-corrected chi connectivity index (χ3v) is 3.52. The largest absolute Gasteiger partial charge is 0.478 e. The van der Waals surface area contributed by atoms with E-state index in [1.807, 2.05) is 6.92 Å². The highest BCUT2D eigenvalue weighted by Crippen LogP contribution is 2.33. The van der Waals surface area contributed by atoms with Gasteiger partial charge in [0.05, 0.1) is 0 Å². The van der Waals surface area contributed by atoms with Gasteiger partial charge in [0, 0.05) is 12.6 Å². The maximum atomic E-state index is 12.7. The number of hydrogen-bond acceptors (Lipinski definition) is 3. The van der Waals surface area contributed by atoms with Crippen LogP contribution in [0.25, 0.3) is 0 Å². The van der Waals surface area contributed by atoms with E-state index in [-0.39, 0.29) is 17.4 Å². The summed E-state index contributed by atoms with van der Waals surface area (Å²) in [6.45, 7) is 2.46. The number of aromatic nitrogens is 1. The Hall–Kier alpha value is -1.79. The van der Waals surface area contributed by atoms with Gasteiger partial charge in [-0.3, -0.25) is 0 Å². The van der Waals surface area contributed by atoms with Gasteiger partial charge in [0.1, 0.15) is 17.1 Å². The molecule has 0 amide bonds. The van der Waals surface area contributed by atoms with Crippen molar-refractivity contribution in [1.82, 2.24) is 4.98 Å².